The fraction of sp³-hybridized carbons (Fsp3) is 0.400. The molecular weight excluding hydrogens is 290 g/mol. The molecule has 0 bridgehead atoms. The van der Waals surface area contributed by atoms with E-state index in [9.17, 15) is 0 Å². The molecule has 0 amide bonds. The van der Waals surface area contributed by atoms with Crippen molar-refractivity contribution in [2.75, 3.05) is 0 Å². The Hall–Kier alpha value is -0.720. The molecule has 2 heterocycles. The third kappa shape index (κ3) is 2.18. The van der Waals surface area contributed by atoms with Crippen LogP contribution < -0.4 is 5.73 Å². The van der Waals surface area contributed by atoms with Gasteiger partial charge in [-0.25, -0.2) is 0 Å². The van der Waals surface area contributed by atoms with Gasteiger partial charge in [-0.15, -0.1) is 11.3 Å². The second kappa shape index (κ2) is 3.94. The van der Waals surface area contributed by atoms with Gasteiger partial charge in [0.25, 0.3) is 5.89 Å². The van der Waals surface area contributed by atoms with Gasteiger partial charge in [-0.2, -0.15) is 4.98 Å². The zero-order chi connectivity index (χ0) is 11.9. The molecule has 2 rings (SSSR count). The number of nitrogens with two attached hydrogens (primary N) is 1. The van der Waals surface area contributed by atoms with Gasteiger partial charge < -0.3 is 10.3 Å². The number of aromatic nitrogens is 2. The van der Waals surface area contributed by atoms with Crippen LogP contribution in [0.2, 0.25) is 0 Å². The zero-order valence-electron chi connectivity index (χ0n) is 9.24. The number of aryl methyl sites for hydroxylation is 1. The standard InChI is InChI=1S/C10H12BrN3OS/c1-5-4-6(16-7(5)11)8-13-9(14-15-8)10(2,3)12/h4H,12H2,1-3H3. The van der Waals surface area contributed by atoms with Gasteiger partial charge >= 0.3 is 0 Å². The molecule has 0 unspecified atom stereocenters. The minimum Gasteiger partial charge on any atom is -0.333 e. The van der Waals surface area contributed by atoms with Crippen LogP contribution in [0.25, 0.3) is 10.8 Å². The van der Waals surface area contributed by atoms with E-state index in [0.29, 0.717) is 11.7 Å². The molecule has 0 atom stereocenters. The molecule has 2 aromatic heterocycles. The van der Waals surface area contributed by atoms with Crippen molar-refractivity contribution in [1.29, 1.82) is 0 Å². The van der Waals surface area contributed by atoms with Crippen molar-refractivity contribution in [3.05, 3.63) is 21.2 Å². The van der Waals surface area contributed by atoms with Gasteiger partial charge in [0.1, 0.15) is 0 Å². The summed E-state index contributed by atoms with van der Waals surface area (Å²) in [5.41, 5.74) is 6.47. The van der Waals surface area contributed by atoms with E-state index >= 15 is 0 Å². The van der Waals surface area contributed by atoms with E-state index < -0.39 is 5.54 Å². The third-order valence-corrected chi connectivity index (χ3v) is 4.19. The first kappa shape index (κ1) is 11.8. The maximum atomic E-state index is 5.89. The molecule has 6 heteroatoms. The lowest BCUT2D eigenvalue weighted by Gasteiger charge is -2.11. The Bertz CT molecular complexity index is 493. The zero-order valence-corrected chi connectivity index (χ0v) is 11.6. The van der Waals surface area contributed by atoms with Crippen molar-refractivity contribution in [1.82, 2.24) is 10.1 Å². The third-order valence-electron chi connectivity index (χ3n) is 2.07. The largest absolute Gasteiger partial charge is 0.333 e. The van der Waals surface area contributed by atoms with Gasteiger partial charge in [0.15, 0.2) is 5.82 Å². The highest BCUT2D eigenvalue weighted by molar-refractivity contribution is 9.11. The van der Waals surface area contributed by atoms with Gasteiger partial charge in [0.2, 0.25) is 0 Å². The topological polar surface area (TPSA) is 64.9 Å². The Morgan fingerprint density at radius 2 is 2.19 bits per heavy atom. The Morgan fingerprint density at radius 3 is 2.62 bits per heavy atom. The van der Waals surface area contributed by atoms with E-state index in [1.54, 1.807) is 11.3 Å². The van der Waals surface area contributed by atoms with E-state index in [1.807, 2.05) is 26.8 Å². The molecule has 0 aliphatic carbocycles. The summed E-state index contributed by atoms with van der Waals surface area (Å²) in [5.74, 6) is 1.04. The molecule has 2 aromatic rings. The lowest BCUT2D eigenvalue weighted by Crippen LogP contribution is -2.30. The first-order valence-electron chi connectivity index (χ1n) is 4.77. The molecule has 16 heavy (non-hydrogen) atoms. The molecule has 0 radical (unpaired) electrons. The normalized spacial score (nSPS) is 12.1. The number of thiophene rings is 1. The van der Waals surface area contributed by atoms with E-state index in [0.717, 1.165) is 14.2 Å². The van der Waals surface area contributed by atoms with Crippen LogP contribution in [0.4, 0.5) is 0 Å². The molecule has 4 nitrogen and oxygen atoms in total. The lowest BCUT2D eigenvalue weighted by molar-refractivity contribution is 0.397. The summed E-state index contributed by atoms with van der Waals surface area (Å²) in [6, 6.07) is 2.01. The van der Waals surface area contributed by atoms with Crippen molar-refractivity contribution >= 4 is 27.3 Å². The van der Waals surface area contributed by atoms with Crippen molar-refractivity contribution in [3.63, 3.8) is 0 Å². The fourth-order valence-corrected chi connectivity index (χ4v) is 2.61. The second-order valence-corrected chi connectivity index (χ2v) is 6.58. The Balaban J connectivity index is 2.39. The first-order chi connectivity index (χ1) is 7.38. The smallest absolute Gasteiger partial charge is 0.268 e. The summed E-state index contributed by atoms with van der Waals surface area (Å²) in [5, 5.41) is 3.88. The Labute approximate surface area is 106 Å². The van der Waals surface area contributed by atoms with Crippen LogP contribution in [0, 0.1) is 6.92 Å². The molecule has 0 fully saturated rings. The van der Waals surface area contributed by atoms with E-state index in [4.69, 9.17) is 10.3 Å². The summed E-state index contributed by atoms with van der Waals surface area (Å²) in [6.45, 7) is 5.71. The van der Waals surface area contributed by atoms with E-state index in [1.165, 1.54) is 0 Å². The fourth-order valence-electron chi connectivity index (χ4n) is 1.15. The molecule has 0 saturated heterocycles. The highest BCUT2D eigenvalue weighted by Crippen LogP contribution is 2.34. The Kier molecular flexibility index (Phi) is 2.90. The Morgan fingerprint density at radius 1 is 1.50 bits per heavy atom. The van der Waals surface area contributed by atoms with Gasteiger partial charge in [-0.05, 0) is 48.3 Å². The molecule has 0 aromatic carbocycles. The van der Waals surface area contributed by atoms with Crippen LogP contribution in [0.5, 0.6) is 0 Å². The number of nitrogens with zero attached hydrogens (tertiary/aromatic N) is 2. The van der Waals surface area contributed by atoms with E-state index in [-0.39, 0.29) is 0 Å². The average Bonchev–Trinajstić information content (AvgIpc) is 2.73. The lowest BCUT2D eigenvalue weighted by atomic mass is 10.1. The van der Waals surface area contributed by atoms with Gasteiger partial charge in [0.05, 0.1) is 14.2 Å². The predicted octanol–water partition coefficient (Wildman–Crippen LogP) is 3.06. The van der Waals surface area contributed by atoms with Gasteiger partial charge in [-0.3, -0.25) is 0 Å². The maximum absolute atomic E-state index is 5.89. The van der Waals surface area contributed by atoms with E-state index in [2.05, 4.69) is 26.1 Å². The molecule has 0 saturated carbocycles. The van der Waals surface area contributed by atoms with Crippen molar-refractivity contribution in [3.8, 4) is 10.8 Å². The molecule has 86 valence electrons. The second-order valence-electron chi connectivity index (χ2n) is 4.21. The van der Waals surface area contributed by atoms with Crippen LogP contribution in [0.1, 0.15) is 25.2 Å². The van der Waals surface area contributed by atoms with Crippen LogP contribution in [-0.2, 0) is 5.54 Å². The highest BCUT2D eigenvalue weighted by Gasteiger charge is 2.22. The van der Waals surface area contributed by atoms with Gasteiger partial charge in [0, 0.05) is 0 Å². The number of rotatable bonds is 2. The molecule has 2 N–H and O–H groups in total. The van der Waals surface area contributed by atoms with Crippen LogP contribution >= 0.6 is 27.3 Å². The summed E-state index contributed by atoms with van der Waals surface area (Å²) in [4.78, 5) is 5.24. The van der Waals surface area contributed by atoms with Crippen LogP contribution in [0.3, 0.4) is 0 Å². The van der Waals surface area contributed by atoms with Crippen molar-refractivity contribution in [2.24, 2.45) is 5.73 Å². The summed E-state index contributed by atoms with van der Waals surface area (Å²) in [7, 11) is 0. The molecular formula is C10H12BrN3OS. The number of halogens is 1. The molecule has 0 spiro atoms. The van der Waals surface area contributed by atoms with Crippen molar-refractivity contribution < 1.29 is 4.52 Å². The number of hydrogen-bond acceptors (Lipinski definition) is 5. The SMILES string of the molecule is Cc1cc(-c2nc(C(C)(C)N)no2)sc1Br. The quantitative estimate of drug-likeness (QED) is 0.926. The molecule has 0 aliphatic heterocycles. The monoisotopic (exact) mass is 301 g/mol. The van der Waals surface area contributed by atoms with Gasteiger partial charge in [-0.1, -0.05) is 5.16 Å². The average molecular weight is 302 g/mol. The molecule has 0 aliphatic rings. The summed E-state index contributed by atoms with van der Waals surface area (Å²) in [6.07, 6.45) is 0. The minimum atomic E-state index is -0.578. The summed E-state index contributed by atoms with van der Waals surface area (Å²) >= 11 is 5.03. The van der Waals surface area contributed by atoms with Crippen molar-refractivity contribution in [2.45, 2.75) is 26.3 Å². The maximum Gasteiger partial charge on any atom is 0.268 e. The van der Waals surface area contributed by atoms with Crippen LogP contribution in [0.15, 0.2) is 14.4 Å². The predicted molar refractivity (Wildman–Crippen MR) is 67.3 cm³/mol. The summed E-state index contributed by atoms with van der Waals surface area (Å²) < 4.78 is 6.27. The first-order valence-corrected chi connectivity index (χ1v) is 6.38. The minimum absolute atomic E-state index is 0.518. The number of hydrogen-bond donors (Lipinski definition) is 1. The van der Waals surface area contributed by atoms with Crippen LogP contribution in [-0.4, -0.2) is 10.1 Å². The highest BCUT2D eigenvalue weighted by atomic mass is 79.9.